The van der Waals surface area contributed by atoms with Crippen LogP contribution in [-0.2, 0) is 11.4 Å². The Kier molecular flexibility index (Phi) is 7.61. The number of rotatable bonds is 8. The Balaban J connectivity index is 2.01. The standard InChI is InChI=1S/C21H25NO2S/c1-5-6-11-25-20-12-16(2)21(17(3)13-20)24-15-19-9-7-18(8-10-19)14-22-23-4/h5-10,12-14H,11,15H2,1-4H3/b6-5+,22-14?. The van der Waals surface area contributed by atoms with Crippen molar-refractivity contribution in [1.82, 2.24) is 0 Å². The smallest absolute Gasteiger partial charge is 0.125 e. The van der Waals surface area contributed by atoms with Crippen molar-refractivity contribution in [2.24, 2.45) is 5.16 Å². The molecule has 0 spiro atoms. The van der Waals surface area contributed by atoms with E-state index in [2.05, 4.69) is 48.1 Å². The highest BCUT2D eigenvalue weighted by Crippen LogP contribution is 2.30. The molecule has 2 aromatic rings. The summed E-state index contributed by atoms with van der Waals surface area (Å²) in [7, 11) is 1.54. The molecule has 0 fully saturated rings. The molecule has 0 amide bonds. The highest BCUT2D eigenvalue weighted by atomic mass is 32.2. The van der Waals surface area contributed by atoms with Crippen molar-refractivity contribution in [3.05, 3.63) is 70.8 Å². The van der Waals surface area contributed by atoms with Crippen LogP contribution in [0.1, 0.15) is 29.2 Å². The van der Waals surface area contributed by atoms with Crippen LogP contribution in [-0.4, -0.2) is 19.1 Å². The number of benzene rings is 2. The van der Waals surface area contributed by atoms with E-state index in [1.807, 2.05) is 43.0 Å². The molecule has 0 heterocycles. The molecule has 2 rings (SSSR count). The molecular formula is C21H25NO2S. The summed E-state index contributed by atoms with van der Waals surface area (Å²) < 4.78 is 6.07. The van der Waals surface area contributed by atoms with E-state index >= 15 is 0 Å². The minimum Gasteiger partial charge on any atom is -0.488 e. The van der Waals surface area contributed by atoms with Crippen LogP contribution >= 0.6 is 11.8 Å². The van der Waals surface area contributed by atoms with Gasteiger partial charge in [-0.1, -0.05) is 41.6 Å². The lowest BCUT2D eigenvalue weighted by molar-refractivity contribution is 0.215. The minimum absolute atomic E-state index is 0.550. The Bertz CT molecular complexity index is 713. The second-order valence-electron chi connectivity index (χ2n) is 5.71. The first kappa shape index (κ1) is 19.1. The van der Waals surface area contributed by atoms with Gasteiger partial charge in [-0.25, -0.2) is 0 Å². The molecule has 0 unspecified atom stereocenters. The molecule has 0 N–H and O–H groups in total. The van der Waals surface area contributed by atoms with Crippen LogP contribution in [0.2, 0.25) is 0 Å². The van der Waals surface area contributed by atoms with Crippen LogP contribution in [0, 0.1) is 13.8 Å². The van der Waals surface area contributed by atoms with Crippen molar-refractivity contribution < 1.29 is 9.57 Å². The van der Waals surface area contributed by atoms with Gasteiger partial charge in [0, 0.05) is 10.6 Å². The summed E-state index contributed by atoms with van der Waals surface area (Å²) in [6.45, 7) is 6.80. The Morgan fingerprint density at radius 1 is 1.08 bits per heavy atom. The van der Waals surface area contributed by atoms with Gasteiger partial charge < -0.3 is 9.57 Å². The average Bonchev–Trinajstić information content (AvgIpc) is 2.60. The molecule has 0 aliphatic carbocycles. The zero-order chi connectivity index (χ0) is 18.1. The van der Waals surface area contributed by atoms with Gasteiger partial charge in [-0.3, -0.25) is 0 Å². The summed E-state index contributed by atoms with van der Waals surface area (Å²) in [6, 6.07) is 12.5. The monoisotopic (exact) mass is 355 g/mol. The summed E-state index contributed by atoms with van der Waals surface area (Å²) in [5.74, 6) is 1.97. The van der Waals surface area contributed by atoms with Crippen LogP contribution in [0.15, 0.2) is 58.6 Å². The molecule has 0 atom stereocenters. The first-order chi connectivity index (χ1) is 12.1. The Morgan fingerprint density at radius 3 is 2.36 bits per heavy atom. The van der Waals surface area contributed by atoms with Gasteiger partial charge in [0.15, 0.2) is 0 Å². The van der Waals surface area contributed by atoms with Crippen LogP contribution in [0.25, 0.3) is 0 Å². The lowest BCUT2D eigenvalue weighted by Gasteiger charge is -2.14. The van der Waals surface area contributed by atoms with Crippen molar-refractivity contribution in [2.75, 3.05) is 12.9 Å². The zero-order valence-corrected chi connectivity index (χ0v) is 16.1. The van der Waals surface area contributed by atoms with E-state index in [9.17, 15) is 0 Å². The Hall–Kier alpha value is -2.20. The summed E-state index contributed by atoms with van der Waals surface area (Å²) in [5, 5.41) is 3.76. The molecule has 0 bridgehead atoms. The average molecular weight is 356 g/mol. The number of hydrogen-bond acceptors (Lipinski definition) is 4. The van der Waals surface area contributed by atoms with E-state index in [-0.39, 0.29) is 0 Å². The number of thioether (sulfide) groups is 1. The van der Waals surface area contributed by atoms with E-state index in [1.54, 1.807) is 6.21 Å². The van der Waals surface area contributed by atoms with Gasteiger partial charge in [-0.15, -0.1) is 11.8 Å². The predicted octanol–water partition coefficient (Wildman–Crippen LogP) is 5.53. The maximum Gasteiger partial charge on any atom is 0.125 e. The molecule has 4 heteroatoms. The molecule has 3 nitrogen and oxygen atoms in total. The maximum atomic E-state index is 6.07. The van der Waals surface area contributed by atoms with Gasteiger partial charge in [0.1, 0.15) is 19.5 Å². The summed E-state index contributed by atoms with van der Waals surface area (Å²) >= 11 is 1.84. The normalized spacial score (nSPS) is 11.4. The van der Waals surface area contributed by atoms with Crippen molar-refractivity contribution in [3.63, 3.8) is 0 Å². The Labute approximate surface area is 154 Å². The lowest BCUT2D eigenvalue weighted by Crippen LogP contribution is -1.99. The summed E-state index contributed by atoms with van der Waals surface area (Å²) in [4.78, 5) is 5.97. The fourth-order valence-electron chi connectivity index (χ4n) is 2.43. The van der Waals surface area contributed by atoms with Crippen molar-refractivity contribution >= 4 is 18.0 Å². The summed E-state index contributed by atoms with van der Waals surface area (Å²) in [5.41, 5.74) is 4.47. The van der Waals surface area contributed by atoms with Crippen molar-refractivity contribution in [2.45, 2.75) is 32.3 Å². The molecule has 132 valence electrons. The number of oxime groups is 1. The topological polar surface area (TPSA) is 30.8 Å². The van der Waals surface area contributed by atoms with Crippen LogP contribution in [0.5, 0.6) is 5.75 Å². The molecule has 0 aliphatic rings. The predicted molar refractivity (Wildman–Crippen MR) is 107 cm³/mol. The first-order valence-electron chi connectivity index (χ1n) is 8.27. The molecule has 0 aliphatic heterocycles. The van der Waals surface area contributed by atoms with E-state index < -0.39 is 0 Å². The highest BCUT2D eigenvalue weighted by Gasteiger charge is 2.07. The van der Waals surface area contributed by atoms with Gasteiger partial charge in [0.05, 0.1) is 6.21 Å². The molecule has 0 aromatic heterocycles. The van der Waals surface area contributed by atoms with Gasteiger partial charge in [0.2, 0.25) is 0 Å². The third kappa shape index (κ3) is 5.98. The van der Waals surface area contributed by atoms with Crippen molar-refractivity contribution in [1.29, 1.82) is 0 Å². The number of nitrogens with zero attached hydrogens (tertiary/aromatic N) is 1. The number of hydrogen-bond donors (Lipinski definition) is 0. The number of aryl methyl sites for hydroxylation is 2. The fraction of sp³-hybridized carbons (Fsp3) is 0.286. The third-order valence-corrected chi connectivity index (χ3v) is 4.61. The molecule has 25 heavy (non-hydrogen) atoms. The Morgan fingerprint density at radius 2 is 1.76 bits per heavy atom. The molecule has 0 saturated heterocycles. The highest BCUT2D eigenvalue weighted by molar-refractivity contribution is 7.99. The second-order valence-corrected chi connectivity index (χ2v) is 6.81. The van der Waals surface area contributed by atoms with E-state index in [0.29, 0.717) is 6.61 Å². The van der Waals surface area contributed by atoms with Gasteiger partial charge in [-0.2, -0.15) is 0 Å². The number of ether oxygens (including phenoxy) is 1. The van der Waals surface area contributed by atoms with Crippen molar-refractivity contribution in [3.8, 4) is 5.75 Å². The molecular weight excluding hydrogens is 330 g/mol. The van der Waals surface area contributed by atoms with Gasteiger partial charge in [0.25, 0.3) is 0 Å². The molecule has 0 saturated carbocycles. The fourth-order valence-corrected chi connectivity index (χ4v) is 3.43. The summed E-state index contributed by atoms with van der Waals surface area (Å²) in [6.07, 6.45) is 5.93. The molecule has 2 aromatic carbocycles. The first-order valence-corrected chi connectivity index (χ1v) is 9.26. The van der Waals surface area contributed by atoms with Gasteiger partial charge in [-0.05, 0) is 55.2 Å². The number of allylic oxidation sites excluding steroid dienone is 1. The second kappa shape index (κ2) is 9.94. The third-order valence-electron chi connectivity index (χ3n) is 3.69. The SMILES string of the molecule is C/C=C/CSc1cc(C)c(OCc2ccc(C=NOC)cc2)c(C)c1. The van der Waals surface area contributed by atoms with Crippen LogP contribution in [0.4, 0.5) is 0 Å². The van der Waals surface area contributed by atoms with Gasteiger partial charge >= 0.3 is 0 Å². The lowest BCUT2D eigenvalue weighted by atomic mass is 10.1. The van der Waals surface area contributed by atoms with Crippen LogP contribution in [0.3, 0.4) is 0 Å². The van der Waals surface area contributed by atoms with Crippen LogP contribution < -0.4 is 4.74 Å². The largest absolute Gasteiger partial charge is 0.488 e. The van der Waals surface area contributed by atoms with E-state index in [0.717, 1.165) is 22.6 Å². The maximum absolute atomic E-state index is 6.07. The molecule has 0 radical (unpaired) electrons. The minimum atomic E-state index is 0.550. The van der Waals surface area contributed by atoms with E-state index in [1.165, 1.54) is 23.1 Å². The van der Waals surface area contributed by atoms with E-state index in [4.69, 9.17) is 4.74 Å². The zero-order valence-electron chi connectivity index (χ0n) is 15.3. The quantitative estimate of drug-likeness (QED) is 0.270.